The van der Waals surface area contributed by atoms with Crippen LogP contribution in [0.3, 0.4) is 0 Å². The van der Waals surface area contributed by atoms with E-state index in [9.17, 15) is 13.2 Å². The number of nitrogens with two attached hydrogens (primary N) is 1. The van der Waals surface area contributed by atoms with Crippen molar-refractivity contribution in [2.45, 2.75) is 18.4 Å². The number of benzene rings is 3. The third-order valence-electron chi connectivity index (χ3n) is 5.13. The van der Waals surface area contributed by atoms with Crippen LogP contribution in [0.1, 0.15) is 17.0 Å². The lowest BCUT2D eigenvalue weighted by Crippen LogP contribution is -2.21. The first-order valence-electron chi connectivity index (χ1n) is 9.79. The zero-order valence-corrected chi connectivity index (χ0v) is 18.8. The van der Waals surface area contributed by atoms with Crippen LogP contribution in [0, 0.1) is 6.92 Å². The maximum Gasteiger partial charge on any atom is 0.260 e. The number of sulfone groups is 1. The Morgan fingerprint density at radius 1 is 1.06 bits per heavy atom. The summed E-state index contributed by atoms with van der Waals surface area (Å²) in [5.41, 5.74) is 8.44. The average molecular weight is 466 g/mol. The standard InChI is InChI=1S/C24H20ClN3O3S/c1-16-27-21-12-11-17(13-22(21)28(16)15-18-7-5-6-10-20(18)25)14-23(24(26)29)32(30,31)19-8-3-2-4-9-19/h2-14H,15H2,1H3,(H2,26,29)/b23-14+. The Balaban J connectivity index is 1.81. The number of carbonyl (C=O) groups excluding carboxylic acids is 1. The van der Waals surface area contributed by atoms with E-state index in [0.717, 1.165) is 22.4 Å². The minimum absolute atomic E-state index is 0.00531. The molecule has 0 aliphatic rings. The lowest BCUT2D eigenvalue weighted by Gasteiger charge is -2.10. The lowest BCUT2D eigenvalue weighted by atomic mass is 10.1. The number of halogens is 1. The third-order valence-corrected chi connectivity index (χ3v) is 7.29. The third kappa shape index (κ3) is 4.17. The molecule has 3 aromatic carbocycles. The smallest absolute Gasteiger partial charge is 0.260 e. The van der Waals surface area contributed by atoms with E-state index in [-0.39, 0.29) is 4.90 Å². The number of hydrogen-bond acceptors (Lipinski definition) is 4. The molecule has 0 fully saturated rings. The fourth-order valence-corrected chi connectivity index (χ4v) is 5.03. The minimum atomic E-state index is -4.06. The monoisotopic (exact) mass is 465 g/mol. The molecule has 162 valence electrons. The maximum atomic E-state index is 13.0. The van der Waals surface area contributed by atoms with Crippen molar-refractivity contribution < 1.29 is 13.2 Å². The summed E-state index contributed by atoms with van der Waals surface area (Å²) in [4.78, 5) is 16.2. The predicted octanol–water partition coefficient (Wildman–Crippen LogP) is 4.35. The SMILES string of the molecule is Cc1nc2ccc(/C=C(\C(N)=O)S(=O)(=O)c3ccccc3)cc2n1Cc1ccccc1Cl. The van der Waals surface area contributed by atoms with Crippen LogP contribution in [0.2, 0.25) is 5.02 Å². The van der Waals surface area contributed by atoms with Gasteiger partial charge < -0.3 is 10.3 Å². The van der Waals surface area contributed by atoms with Crippen molar-refractivity contribution in [1.82, 2.24) is 9.55 Å². The number of nitrogens with zero attached hydrogens (tertiary/aromatic N) is 2. The summed E-state index contributed by atoms with van der Waals surface area (Å²) in [7, 11) is -4.06. The molecule has 4 aromatic rings. The van der Waals surface area contributed by atoms with Gasteiger partial charge in [0.1, 0.15) is 10.7 Å². The van der Waals surface area contributed by atoms with Crippen LogP contribution in [0.5, 0.6) is 0 Å². The number of imidazole rings is 1. The molecule has 2 N–H and O–H groups in total. The van der Waals surface area contributed by atoms with Gasteiger partial charge in [-0.25, -0.2) is 13.4 Å². The van der Waals surface area contributed by atoms with Crippen molar-refractivity contribution in [3.8, 4) is 0 Å². The Morgan fingerprint density at radius 2 is 1.75 bits per heavy atom. The van der Waals surface area contributed by atoms with Crippen molar-refractivity contribution in [3.63, 3.8) is 0 Å². The second-order valence-electron chi connectivity index (χ2n) is 7.27. The van der Waals surface area contributed by atoms with Gasteiger partial charge in [0.15, 0.2) is 0 Å². The van der Waals surface area contributed by atoms with E-state index in [2.05, 4.69) is 4.98 Å². The number of amides is 1. The van der Waals surface area contributed by atoms with Crippen LogP contribution in [0.4, 0.5) is 0 Å². The van der Waals surface area contributed by atoms with Crippen LogP contribution in [-0.2, 0) is 21.2 Å². The quantitative estimate of drug-likeness (QED) is 0.428. The normalized spacial score (nSPS) is 12.2. The molecule has 0 saturated heterocycles. The molecule has 1 aromatic heterocycles. The second-order valence-corrected chi connectivity index (χ2v) is 9.60. The summed E-state index contributed by atoms with van der Waals surface area (Å²) < 4.78 is 28.0. The molecule has 0 aliphatic heterocycles. The first-order chi connectivity index (χ1) is 15.3. The first kappa shape index (κ1) is 21.8. The van der Waals surface area contributed by atoms with Crippen molar-refractivity contribution in [2.24, 2.45) is 5.73 Å². The van der Waals surface area contributed by atoms with Crippen molar-refractivity contribution in [3.05, 3.63) is 99.7 Å². The molecule has 0 bridgehead atoms. The van der Waals surface area contributed by atoms with Crippen LogP contribution in [0.15, 0.2) is 82.6 Å². The molecule has 0 aliphatic carbocycles. The van der Waals surface area contributed by atoms with Gasteiger partial charge in [-0.2, -0.15) is 0 Å². The Morgan fingerprint density at radius 3 is 2.44 bits per heavy atom. The zero-order valence-electron chi connectivity index (χ0n) is 17.2. The molecular weight excluding hydrogens is 446 g/mol. The maximum absolute atomic E-state index is 13.0. The summed E-state index contributed by atoms with van der Waals surface area (Å²) >= 11 is 6.33. The zero-order chi connectivity index (χ0) is 22.9. The van der Waals surface area contributed by atoms with E-state index >= 15 is 0 Å². The largest absolute Gasteiger partial charge is 0.365 e. The second kappa shape index (κ2) is 8.61. The molecule has 0 atom stereocenters. The first-order valence-corrected chi connectivity index (χ1v) is 11.7. The molecule has 4 rings (SSSR count). The van der Waals surface area contributed by atoms with Gasteiger partial charge in [0.05, 0.1) is 22.5 Å². The molecule has 8 heteroatoms. The van der Waals surface area contributed by atoms with E-state index in [1.807, 2.05) is 35.8 Å². The molecule has 1 heterocycles. The van der Waals surface area contributed by atoms with Crippen LogP contribution in [-0.4, -0.2) is 23.9 Å². The molecule has 0 radical (unpaired) electrons. The summed E-state index contributed by atoms with van der Waals surface area (Å²) in [6, 6.07) is 20.6. The number of carbonyl (C=O) groups is 1. The van der Waals surface area contributed by atoms with Crippen LogP contribution >= 0.6 is 11.6 Å². The molecule has 0 spiro atoms. The van der Waals surface area contributed by atoms with Gasteiger partial charge in [-0.05, 0) is 54.5 Å². The number of rotatable bonds is 6. The van der Waals surface area contributed by atoms with Gasteiger partial charge in [0, 0.05) is 5.02 Å². The van der Waals surface area contributed by atoms with Gasteiger partial charge in [-0.3, -0.25) is 4.79 Å². The molecule has 32 heavy (non-hydrogen) atoms. The highest BCUT2D eigenvalue weighted by Gasteiger charge is 2.25. The Bertz CT molecular complexity index is 1460. The van der Waals surface area contributed by atoms with E-state index in [1.165, 1.54) is 18.2 Å². The summed E-state index contributed by atoms with van der Waals surface area (Å²) in [5.74, 6) is -0.234. The highest BCUT2D eigenvalue weighted by molar-refractivity contribution is 7.96. The van der Waals surface area contributed by atoms with Crippen LogP contribution < -0.4 is 5.73 Å². The predicted molar refractivity (Wildman–Crippen MR) is 126 cm³/mol. The van der Waals surface area contributed by atoms with Gasteiger partial charge in [-0.15, -0.1) is 0 Å². The van der Waals surface area contributed by atoms with Crippen LogP contribution in [0.25, 0.3) is 17.1 Å². The van der Waals surface area contributed by atoms with Crippen molar-refractivity contribution >= 4 is 44.5 Å². The number of aryl methyl sites for hydroxylation is 1. The summed E-state index contributed by atoms with van der Waals surface area (Å²) in [6.07, 6.45) is 1.30. The Kier molecular flexibility index (Phi) is 5.86. The van der Waals surface area contributed by atoms with E-state index in [1.54, 1.807) is 36.4 Å². The van der Waals surface area contributed by atoms with Gasteiger partial charge in [0.25, 0.3) is 5.91 Å². The van der Waals surface area contributed by atoms with E-state index in [4.69, 9.17) is 17.3 Å². The Hall–Kier alpha value is -3.42. The molecular formula is C24H20ClN3O3S. The van der Waals surface area contributed by atoms with Gasteiger partial charge >= 0.3 is 0 Å². The number of primary amides is 1. The number of fused-ring (bicyclic) bond motifs is 1. The Labute approximate surface area is 190 Å². The molecule has 0 unspecified atom stereocenters. The van der Waals surface area contributed by atoms with E-state index < -0.39 is 20.6 Å². The van der Waals surface area contributed by atoms with E-state index in [0.29, 0.717) is 17.1 Å². The van der Waals surface area contributed by atoms with Crippen molar-refractivity contribution in [1.29, 1.82) is 0 Å². The van der Waals surface area contributed by atoms with Gasteiger partial charge in [-0.1, -0.05) is 54.1 Å². The summed E-state index contributed by atoms with van der Waals surface area (Å²) in [5, 5.41) is 0.648. The van der Waals surface area contributed by atoms with Gasteiger partial charge in [0.2, 0.25) is 9.84 Å². The van der Waals surface area contributed by atoms with Crippen molar-refractivity contribution in [2.75, 3.05) is 0 Å². The minimum Gasteiger partial charge on any atom is -0.365 e. The molecule has 1 amide bonds. The number of hydrogen-bond donors (Lipinski definition) is 1. The lowest BCUT2D eigenvalue weighted by molar-refractivity contribution is -0.113. The fourth-order valence-electron chi connectivity index (χ4n) is 3.51. The fraction of sp³-hybridized carbons (Fsp3) is 0.0833. The highest BCUT2D eigenvalue weighted by Crippen LogP contribution is 2.25. The average Bonchev–Trinajstić information content (AvgIpc) is 3.08. The summed E-state index contributed by atoms with van der Waals surface area (Å²) in [6.45, 7) is 2.39. The molecule has 0 saturated carbocycles. The topological polar surface area (TPSA) is 95.1 Å². The highest BCUT2D eigenvalue weighted by atomic mass is 35.5. The number of aromatic nitrogens is 2. The molecule has 6 nitrogen and oxygen atoms in total.